The zero-order chi connectivity index (χ0) is 5.28. The van der Waals surface area contributed by atoms with Gasteiger partial charge in [0.15, 0.2) is 0 Å². The van der Waals surface area contributed by atoms with E-state index in [0.717, 1.165) is 5.82 Å². The van der Waals surface area contributed by atoms with Crippen LogP contribution >= 0.6 is 12.2 Å². The topological polar surface area (TPSA) is 44.5 Å². The van der Waals surface area contributed by atoms with Gasteiger partial charge in [0.2, 0.25) is 4.77 Å². The van der Waals surface area contributed by atoms with Gasteiger partial charge in [-0.1, -0.05) is 0 Å². The number of nitrogens with one attached hydrogen (secondary N) is 2. The summed E-state index contributed by atoms with van der Waals surface area (Å²) in [6.07, 6.45) is 0. The Balaban J connectivity index is 0. The van der Waals surface area contributed by atoms with Crippen LogP contribution in [0.2, 0.25) is 0 Å². The minimum Gasteiger partial charge on any atom is -1.00 e. The van der Waals surface area contributed by atoms with Gasteiger partial charge in [-0.15, -0.1) is 0 Å². The molecule has 0 spiro atoms. The Labute approximate surface area is 96.2 Å². The zero-order valence-electron chi connectivity index (χ0n) is 5.86. The first-order valence-electron chi connectivity index (χ1n) is 1.90. The molecule has 0 saturated carbocycles. The van der Waals surface area contributed by atoms with E-state index in [0.29, 0.717) is 4.77 Å². The fourth-order valence-corrected chi connectivity index (χ4v) is 0.540. The van der Waals surface area contributed by atoms with Gasteiger partial charge in [0.05, 0.1) is 0 Å². The van der Waals surface area contributed by atoms with E-state index in [9.17, 15) is 0 Å². The third kappa shape index (κ3) is 2.52. The predicted octanol–water partition coefficient (Wildman–Crippen LogP) is -2.11. The molecule has 0 radical (unpaired) electrons. The summed E-state index contributed by atoms with van der Waals surface area (Å²) in [5.74, 6) is 0.824. The van der Waals surface area contributed by atoms with Crippen LogP contribution in [0.25, 0.3) is 0 Å². The molecular weight excluding hydrogens is 149 g/mol. The maximum atomic E-state index is 4.63. The van der Waals surface area contributed by atoms with Gasteiger partial charge in [-0.05, 0) is 19.1 Å². The molecule has 40 valence electrons. The Kier molecular flexibility index (Phi) is 4.40. The van der Waals surface area contributed by atoms with Crippen LogP contribution in [0.4, 0.5) is 0 Å². The molecule has 5 heteroatoms. The van der Waals surface area contributed by atoms with Crippen molar-refractivity contribution in [2.45, 2.75) is 6.92 Å². The fourth-order valence-electron chi connectivity index (χ4n) is 0.352. The van der Waals surface area contributed by atoms with Gasteiger partial charge in [-0.25, -0.2) is 4.98 Å². The van der Waals surface area contributed by atoms with Crippen LogP contribution in [0.3, 0.4) is 0 Å². The van der Waals surface area contributed by atoms with Crippen LogP contribution in [-0.2, 0) is 0 Å². The van der Waals surface area contributed by atoms with E-state index in [2.05, 4.69) is 27.4 Å². The molecule has 0 aliphatic carbocycles. The predicted molar refractivity (Wildman–Crippen MR) is 29.6 cm³/mol. The first kappa shape index (κ1) is 9.00. The Morgan fingerprint density at radius 2 is 2.25 bits per heavy atom. The number of aromatic nitrogens is 3. The van der Waals surface area contributed by atoms with Crippen molar-refractivity contribution in [1.29, 1.82) is 0 Å². The van der Waals surface area contributed by atoms with Crippen LogP contribution in [0.15, 0.2) is 0 Å². The summed E-state index contributed by atoms with van der Waals surface area (Å²) < 4.78 is 0.512. The monoisotopic (exact) mass is 155 g/mol. The minimum atomic E-state index is 0. The molecule has 0 atom stereocenters. The molecule has 1 heterocycles. The van der Waals surface area contributed by atoms with E-state index in [1.165, 1.54) is 0 Å². The number of hydrogen-bond donors (Lipinski definition) is 2. The molecule has 8 heavy (non-hydrogen) atoms. The van der Waals surface area contributed by atoms with E-state index < -0.39 is 0 Å². The van der Waals surface area contributed by atoms with Gasteiger partial charge in [-0.3, -0.25) is 10.2 Å². The van der Waals surface area contributed by atoms with Crippen LogP contribution in [0.1, 0.15) is 7.25 Å². The van der Waals surface area contributed by atoms with Crippen molar-refractivity contribution in [3.8, 4) is 0 Å². The van der Waals surface area contributed by atoms with Crippen LogP contribution < -0.4 is 51.4 Å². The molecule has 2 N–H and O–H groups in total. The molecule has 0 fully saturated rings. The normalized spacial score (nSPS) is 8.12. The van der Waals surface area contributed by atoms with Crippen molar-refractivity contribution in [2.24, 2.45) is 0 Å². The second kappa shape index (κ2) is 3.92. The number of aromatic amines is 2. The molecule has 0 aliphatic rings. The molecule has 3 nitrogen and oxygen atoms in total. The summed E-state index contributed by atoms with van der Waals surface area (Å²) >= 11 is 4.63. The Morgan fingerprint density at radius 3 is 2.38 bits per heavy atom. The molecule has 1 rings (SSSR count). The number of aryl methyl sites for hydroxylation is 1. The Hall–Kier alpha value is 0.996. The second-order valence-corrected chi connectivity index (χ2v) is 1.64. The molecule has 1 aromatic heterocycles. The zero-order valence-corrected chi connectivity index (χ0v) is 8.80. The summed E-state index contributed by atoms with van der Waals surface area (Å²) in [5, 5.41) is 5.38. The van der Waals surface area contributed by atoms with E-state index in [-0.39, 0.29) is 52.8 Å². The van der Waals surface area contributed by atoms with Gasteiger partial charge >= 0.3 is 51.4 Å². The van der Waals surface area contributed by atoms with Crippen LogP contribution in [0, 0.1) is 11.7 Å². The fraction of sp³-hybridized carbons (Fsp3) is 0.333. The van der Waals surface area contributed by atoms with Crippen LogP contribution in [-0.4, -0.2) is 15.2 Å². The quantitative estimate of drug-likeness (QED) is 0.333. The number of nitrogens with zero attached hydrogens (tertiary/aromatic N) is 1. The average molecular weight is 155 g/mol. The molecular formula is C3H6KN3S. The van der Waals surface area contributed by atoms with Gasteiger partial charge in [0.25, 0.3) is 0 Å². The van der Waals surface area contributed by atoms with Crippen molar-refractivity contribution < 1.29 is 52.8 Å². The van der Waals surface area contributed by atoms with E-state index >= 15 is 0 Å². The average Bonchev–Trinajstić information content (AvgIpc) is 1.87. The summed E-state index contributed by atoms with van der Waals surface area (Å²) in [6, 6.07) is 0. The number of rotatable bonds is 0. The number of hydrogen-bond acceptors (Lipinski definition) is 2. The maximum absolute atomic E-state index is 4.63. The molecule has 0 unspecified atom stereocenters. The molecule has 0 bridgehead atoms. The largest absolute Gasteiger partial charge is 1.00 e. The molecule has 0 saturated heterocycles. The second-order valence-electron chi connectivity index (χ2n) is 1.25. The summed E-state index contributed by atoms with van der Waals surface area (Å²) in [5.41, 5.74) is 0. The van der Waals surface area contributed by atoms with E-state index in [1.807, 2.05) is 6.92 Å². The standard InChI is InChI=1S/C3H5N3S.K.H/c1-2-4-3(7)6-5-2;;/h1H3,(H2,4,5,6,7);;/q;+1;-1. The van der Waals surface area contributed by atoms with Crippen LogP contribution in [0.5, 0.6) is 0 Å². The molecule has 0 aliphatic heterocycles. The molecule has 0 aromatic carbocycles. The van der Waals surface area contributed by atoms with Crippen molar-refractivity contribution >= 4 is 12.2 Å². The van der Waals surface area contributed by atoms with Gasteiger partial charge in [0.1, 0.15) is 5.82 Å². The number of H-pyrrole nitrogens is 2. The maximum Gasteiger partial charge on any atom is 1.00 e. The first-order chi connectivity index (χ1) is 3.29. The van der Waals surface area contributed by atoms with Gasteiger partial charge in [0, 0.05) is 0 Å². The van der Waals surface area contributed by atoms with E-state index in [1.54, 1.807) is 0 Å². The third-order valence-corrected chi connectivity index (χ3v) is 0.813. The minimum absolute atomic E-state index is 0. The first-order valence-corrected chi connectivity index (χ1v) is 2.31. The summed E-state index contributed by atoms with van der Waals surface area (Å²) in [4.78, 5) is 3.81. The third-order valence-electron chi connectivity index (χ3n) is 0.620. The molecule has 1 aromatic rings. The molecule has 0 amide bonds. The van der Waals surface area contributed by atoms with Gasteiger partial charge in [-0.2, -0.15) is 0 Å². The van der Waals surface area contributed by atoms with Crippen molar-refractivity contribution in [3.63, 3.8) is 0 Å². The smallest absolute Gasteiger partial charge is 1.00 e. The summed E-state index contributed by atoms with van der Waals surface area (Å²) in [7, 11) is 0. The van der Waals surface area contributed by atoms with Gasteiger partial charge < -0.3 is 1.43 Å². The van der Waals surface area contributed by atoms with Crippen molar-refractivity contribution in [3.05, 3.63) is 10.6 Å². The Bertz CT molecular complexity index is 207. The summed E-state index contributed by atoms with van der Waals surface area (Å²) in [6.45, 7) is 1.84. The Morgan fingerprint density at radius 1 is 1.62 bits per heavy atom. The van der Waals surface area contributed by atoms with Crippen molar-refractivity contribution in [2.75, 3.05) is 0 Å². The van der Waals surface area contributed by atoms with Crippen molar-refractivity contribution in [1.82, 2.24) is 15.2 Å². The SMILES string of the molecule is Cc1nc(=S)[nH][nH]1.[H-].[K+]. The van der Waals surface area contributed by atoms with E-state index in [4.69, 9.17) is 0 Å².